The number of anilines is 1. The van der Waals surface area contributed by atoms with E-state index in [1.54, 1.807) is 0 Å². The molecule has 0 radical (unpaired) electrons. The molecule has 1 aromatic heterocycles. The predicted molar refractivity (Wildman–Crippen MR) is 90.3 cm³/mol. The molecule has 0 saturated carbocycles. The van der Waals surface area contributed by atoms with Gasteiger partial charge in [-0.3, -0.25) is 10.1 Å². The van der Waals surface area contributed by atoms with E-state index in [0.717, 1.165) is 10.2 Å². The minimum absolute atomic E-state index is 0.108. The molecule has 0 fully saturated rings. The Kier molecular flexibility index (Phi) is 4.12. The zero-order chi connectivity index (χ0) is 16.4. The summed E-state index contributed by atoms with van der Waals surface area (Å²) in [5.74, 6) is -0.336. The normalized spacial score (nSPS) is 11.5. The number of hydrogen-bond donors (Lipinski definition) is 2. The van der Waals surface area contributed by atoms with Crippen LogP contribution in [0.3, 0.4) is 0 Å². The first-order valence-electron chi connectivity index (χ1n) is 6.70. The molecule has 2 N–H and O–H groups in total. The van der Waals surface area contributed by atoms with E-state index < -0.39 is 10.0 Å². The first kappa shape index (κ1) is 15.6. The SMILES string of the molecule is CNS(=O)(=O)c1ccc(C(=O)Nc2nc3ccccc3s2)cc1. The van der Waals surface area contributed by atoms with Crippen LogP contribution < -0.4 is 10.0 Å². The Morgan fingerprint density at radius 1 is 1.09 bits per heavy atom. The molecular weight excluding hydrogens is 334 g/mol. The lowest BCUT2D eigenvalue weighted by atomic mass is 10.2. The Morgan fingerprint density at radius 2 is 1.78 bits per heavy atom. The summed E-state index contributed by atoms with van der Waals surface area (Å²) in [7, 11) is -2.17. The summed E-state index contributed by atoms with van der Waals surface area (Å²) in [6.45, 7) is 0. The van der Waals surface area contributed by atoms with Crippen LogP contribution in [0.15, 0.2) is 53.4 Å². The minimum atomic E-state index is -3.51. The van der Waals surface area contributed by atoms with E-state index in [9.17, 15) is 13.2 Å². The Morgan fingerprint density at radius 3 is 2.43 bits per heavy atom. The van der Waals surface area contributed by atoms with Gasteiger partial charge in [0, 0.05) is 5.56 Å². The van der Waals surface area contributed by atoms with E-state index in [4.69, 9.17) is 0 Å². The molecule has 1 heterocycles. The van der Waals surface area contributed by atoms with E-state index in [1.807, 2.05) is 24.3 Å². The van der Waals surface area contributed by atoms with Crippen LogP contribution in [0.4, 0.5) is 5.13 Å². The predicted octanol–water partition coefficient (Wildman–Crippen LogP) is 2.46. The van der Waals surface area contributed by atoms with Crippen molar-refractivity contribution in [1.82, 2.24) is 9.71 Å². The van der Waals surface area contributed by atoms with Crippen LogP contribution in [0.1, 0.15) is 10.4 Å². The number of aromatic nitrogens is 1. The number of sulfonamides is 1. The number of nitrogens with one attached hydrogen (secondary N) is 2. The molecule has 118 valence electrons. The monoisotopic (exact) mass is 347 g/mol. The highest BCUT2D eigenvalue weighted by Crippen LogP contribution is 2.25. The van der Waals surface area contributed by atoms with Crippen molar-refractivity contribution in [3.05, 3.63) is 54.1 Å². The van der Waals surface area contributed by atoms with E-state index in [-0.39, 0.29) is 10.8 Å². The van der Waals surface area contributed by atoms with Crippen LogP contribution in [0.25, 0.3) is 10.2 Å². The minimum Gasteiger partial charge on any atom is -0.298 e. The highest BCUT2D eigenvalue weighted by Gasteiger charge is 2.13. The molecule has 0 saturated heterocycles. The van der Waals surface area contributed by atoms with Crippen molar-refractivity contribution in [2.45, 2.75) is 4.90 Å². The van der Waals surface area contributed by atoms with E-state index in [0.29, 0.717) is 10.7 Å². The molecule has 3 aromatic rings. The van der Waals surface area contributed by atoms with Crippen LogP contribution in [0.2, 0.25) is 0 Å². The molecule has 1 amide bonds. The fraction of sp³-hybridized carbons (Fsp3) is 0.0667. The van der Waals surface area contributed by atoms with Crippen molar-refractivity contribution in [2.75, 3.05) is 12.4 Å². The third-order valence-corrected chi connectivity index (χ3v) is 5.59. The Bertz CT molecular complexity index is 930. The molecule has 0 bridgehead atoms. The van der Waals surface area contributed by atoms with Gasteiger partial charge in [0.25, 0.3) is 5.91 Å². The highest BCUT2D eigenvalue weighted by molar-refractivity contribution is 7.89. The van der Waals surface area contributed by atoms with Crippen LogP contribution in [-0.2, 0) is 10.0 Å². The lowest BCUT2D eigenvalue weighted by Gasteiger charge is -2.04. The molecule has 2 aromatic carbocycles. The number of benzene rings is 2. The number of hydrogen-bond acceptors (Lipinski definition) is 5. The maximum absolute atomic E-state index is 12.2. The average Bonchev–Trinajstić information content (AvgIpc) is 2.97. The number of nitrogens with zero attached hydrogens (tertiary/aromatic N) is 1. The second-order valence-corrected chi connectivity index (χ2v) is 7.59. The quantitative estimate of drug-likeness (QED) is 0.759. The number of carbonyl (C=O) groups is 1. The maximum Gasteiger partial charge on any atom is 0.257 e. The molecule has 0 aliphatic rings. The Labute approximate surface area is 137 Å². The molecule has 0 atom stereocenters. The van der Waals surface area contributed by atoms with Crippen molar-refractivity contribution in [3.63, 3.8) is 0 Å². The topological polar surface area (TPSA) is 88.2 Å². The van der Waals surface area contributed by atoms with E-state index in [2.05, 4.69) is 15.0 Å². The number of amides is 1. The van der Waals surface area contributed by atoms with Gasteiger partial charge in [0.1, 0.15) is 0 Å². The second kappa shape index (κ2) is 6.07. The number of para-hydroxylation sites is 1. The fourth-order valence-corrected chi connectivity index (χ4v) is 3.59. The van der Waals surface area contributed by atoms with Gasteiger partial charge in [-0.1, -0.05) is 23.5 Å². The zero-order valence-electron chi connectivity index (χ0n) is 12.1. The van der Waals surface area contributed by atoms with Crippen LogP contribution >= 0.6 is 11.3 Å². The number of carbonyl (C=O) groups excluding carboxylic acids is 1. The zero-order valence-corrected chi connectivity index (χ0v) is 13.7. The van der Waals surface area contributed by atoms with Crippen molar-refractivity contribution < 1.29 is 13.2 Å². The first-order chi connectivity index (χ1) is 11.0. The Hall–Kier alpha value is -2.29. The van der Waals surface area contributed by atoms with Gasteiger partial charge in [0.2, 0.25) is 10.0 Å². The summed E-state index contributed by atoms with van der Waals surface area (Å²) in [6, 6.07) is 13.3. The Balaban J connectivity index is 1.80. The standard InChI is InChI=1S/C15H13N3O3S2/c1-16-23(20,21)11-8-6-10(7-9-11)14(19)18-15-17-12-4-2-3-5-13(12)22-15/h2-9,16H,1H3,(H,17,18,19). The van der Waals surface area contributed by atoms with Crippen LogP contribution in [-0.4, -0.2) is 26.4 Å². The molecule has 0 spiro atoms. The second-order valence-electron chi connectivity index (χ2n) is 4.67. The maximum atomic E-state index is 12.2. The highest BCUT2D eigenvalue weighted by atomic mass is 32.2. The average molecular weight is 347 g/mol. The number of thiazole rings is 1. The van der Waals surface area contributed by atoms with E-state index in [1.165, 1.54) is 42.6 Å². The van der Waals surface area contributed by atoms with Gasteiger partial charge in [-0.25, -0.2) is 18.1 Å². The van der Waals surface area contributed by atoms with Gasteiger partial charge in [0.05, 0.1) is 15.1 Å². The van der Waals surface area contributed by atoms with Crippen molar-refractivity contribution in [2.24, 2.45) is 0 Å². The molecule has 0 unspecified atom stereocenters. The van der Waals surface area contributed by atoms with Crippen molar-refractivity contribution in [1.29, 1.82) is 0 Å². The summed E-state index contributed by atoms with van der Waals surface area (Å²) >= 11 is 1.38. The fourth-order valence-electron chi connectivity index (χ4n) is 2.00. The van der Waals surface area contributed by atoms with Crippen molar-refractivity contribution >= 4 is 42.6 Å². The van der Waals surface area contributed by atoms with Gasteiger partial charge in [-0.15, -0.1) is 0 Å². The van der Waals surface area contributed by atoms with Gasteiger partial charge >= 0.3 is 0 Å². The summed E-state index contributed by atoms with van der Waals surface area (Å²) in [5, 5.41) is 3.23. The van der Waals surface area contributed by atoms with E-state index >= 15 is 0 Å². The third-order valence-electron chi connectivity index (χ3n) is 3.21. The smallest absolute Gasteiger partial charge is 0.257 e. The van der Waals surface area contributed by atoms with Crippen LogP contribution in [0, 0.1) is 0 Å². The number of rotatable bonds is 4. The third kappa shape index (κ3) is 3.24. The lowest BCUT2D eigenvalue weighted by Crippen LogP contribution is -2.19. The lowest BCUT2D eigenvalue weighted by molar-refractivity contribution is 0.102. The van der Waals surface area contributed by atoms with Gasteiger partial charge in [-0.2, -0.15) is 0 Å². The van der Waals surface area contributed by atoms with Crippen molar-refractivity contribution in [3.8, 4) is 0 Å². The molecule has 8 heteroatoms. The molecule has 3 rings (SSSR count). The summed E-state index contributed by atoms with van der Waals surface area (Å²) < 4.78 is 26.5. The first-order valence-corrected chi connectivity index (χ1v) is 9.00. The molecule has 23 heavy (non-hydrogen) atoms. The summed E-state index contributed by atoms with van der Waals surface area (Å²) in [4.78, 5) is 16.6. The van der Waals surface area contributed by atoms with Crippen LogP contribution in [0.5, 0.6) is 0 Å². The van der Waals surface area contributed by atoms with Gasteiger partial charge < -0.3 is 0 Å². The molecule has 0 aliphatic heterocycles. The summed E-state index contributed by atoms with van der Waals surface area (Å²) in [5.41, 5.74) is 1.18. The molecular formula is C15H13N3O3S2. The number of fused-ring (bicyclic) bond motifs is 1. The van der Waals surface area contributed by atoms with Gasteiger partial charge in [-0.05, 0) is 43.4 Å². The summed E-state index contributed by atoms with van der Waals surface area (Å²) in [6.07, 6.45) is 0. The molecule has 0 aliphatic carbocycles. The largest absolute Gasteiger partial charge is 0.298 e. The molecule has 6 nitrogen and oxygen atoms in total. The van der Waals surface area contributed by atoms with Gasteiger partial charge in [0.15, 0.2) is 5.13 Å².